The average Bonchev–Trinajstić information content (AvgIpc) is 3.11. The first kappa shape index (κ1) is 16.5. The second-order valence-electron chi connectivity index (χ2n) is 6.84. The van der Waals surface area contributed by atoms with Crippen molar-refractivity contribution in [3.63, 3.8) is 0 Å². The van der Waals surface area contributed by atoms with Gasteiger partial charge in [0.2, 0.25) is 0 Å². The number of fused-ring (bicyclic) bond motifs is 1. The molecule has 28 heavy (non-hydrogen) atoms. The summed E-state index contributed by atoms with van der Waals surface area (Å²) in [6.07, 6.45) is 0. The fourth-order valence-electron chi connectivity index (χ4n) is 3.82. The van der Waals surface area contributed by atoms with E-state index in [1.165, 1.54) is 5.01 Å². The summed E-state index contributed by atoms with van der Waals surface area (Å²) in [6, 6.07) is 33.9. The van der Waals surface area contributed by atoms with E-state index in [2.05, 4.69) is 18.2 Å². The van der Waals surface area contributed by atoms with E-state index >= 15 is 0 Å². The molecule has 4 aromatic carbocycles. The van der Waals surface area contributed by atoms with Crippen LogP contribution < -0.4 is 5.01 Å². The van der Waals surface area contributed by atoms with Crippen LogP contribution in [0.25, 0.3) is 10.8 Å². The van der Waals surface area contributed by atoms with Gasteiger partial charge in [0.05, 0.1) is 11.4 Å². The molecule has 4 aromatic rings. The Morgan fingerprint density at radius 2 is 1.32 bits per heavy atom. The quantitative estimate of drug-likeness (QED) is 0.482. The molecule has 1 unspecified atom stereocenters. The van der Waals surface area contributed by atoms with Gasteiger partial charge in [0.15, 0.2) is 0 Å². The summed E-state index contributed by atoms with van der Waals surface area (Å²) < 4.78 is 0. The lowest BCUT2D eigenvalue weighted by Crippen LogP contribution is -2.26. The van der Waals surface area contributed by atoms with Crippen molar-refractivity contribution in [3.05, 3.63) is 114 Å². The maximum Gasteiger partial charge on any atom is 0.261 e. The maximum absolute atomic E-state index is 13.5. The van der Waals surface area contributed by atoms with Gasteiger partial charge in [0, 0.05) is 0 Å². The number of amides is 1. The van der Waals surface area contributed by atoms with Crippen LogP contribution in [0.15, 0.2) is 108 Å². The molecule has 1 heterocycles. The van der Waals surface area contributed by atoms with Crippen LogP contribution in [0.3, 0.4) is 0 Å². The van der Waals surface area contributed by atoms with E-state index in [1.807, 2.05) is 84.9 Å². The van der Waals surface area contributed by atoms with E-state index in [1.54, 1.807) is 0 Å². The molecule has 0 fully saturated rings. The van der Waals surface area contributed by atoms with Gasteiger partial charge in [0.25, 0.3) is 5.91 Å². The standard InChI is InChI=1S/C25H18N2O/c28-25-23(22-17-9-13-18-10-7-8-16-21(18)22)24(19-11-3-1-4-12-19)26-27(25)20-14-5-2-6-15-20/h1-17,23H. The zero-order valence-electron chi connectivity index (χ0n) is 15.2. The van der Waals surface area contributed by atoms with Gasteiger partial charge < -0.3 is 0 Å². The lowest BCUT2D eigenvalue weighted by molar-refractivity contribution is -0.118. The van der Waals surface area contributed by atoms with E-state index in [0.717, 1.165) is 33.3 Å². The topological polar surface area (TPSA) is 32.7 Å². The molecule has 0 radical (unpaired) electrons. The highest BCUT2D eigenvalue weighted by Gasteiger charge is 2.39. The van der Waals surface area contributed by atoms with Gasteiger partial charge in [-0.1, -0.05) is 91.0 Å². The largest absolute Gasteiger partial charge is 0.271 e. The van der Waals surface area contributed by atoms with Crippen LogP contribution in [-0.2, 0) is 4.79 Å². The van der Waals surface area contributed by atoms with Crippen LogP contribution in [-0.4, -0.2) is 11.6 Å². The molecule has 0 spiro atoms. The van der Waals surface area contributed by atoms with Crippen LogP contribution >= 0.6 is 0 Å². The molecule has 1 atom stereocenters. The molecular formula is C25H18N2O. The molecule has 0 saturated carbocycles. The Morgan fingerprint density at radius 3 is 2.11 bits per heavy atom. The summed E-state index contributed by atoms with van der Waals surface area (Å²) in [5.74, 6) is -0.463. The number of hydrogen-bond donors (Lipinski definition) is 0. The number of nitrogens with zero attached hydrogens (tertiary/aromatic N) is 2. The van der Waals surface area contributed by atoms with Gasteiger partial charge in [-0.15, -0.1) is 0 Å². The summed E-state index contributed by atoms with van der Waals surface area (Å²) in [6.45, 7) is 0. The molecule has 0 aliphatic carbocycles. The number of anilines is 1. The van der Waals surface area contributed by atoms with Gasteiger partial charge in [-0.25, -0.2) is 0 Å². The molecule has 3 heteroatoms. The summed E-state index contributed by atoms with van der Waals surface area (Å²) in [4.78, 5) is 13.5. The number of carbonyl (C=O) groups excluding carboxylic acids is 1. The van der Waals surface area contributed by atoms with E-state index in [9.17, 15) is 4.79 Å². The molecule has 134 valence electrons. The Bertz CT molecular complexity index is 1180. The Hall–Kier alpha value is -3.72. The highest BCUT2D eigenvalue weighted by atomic mass is 16.2. The summed E-state index contributed by atoms with van der Waals surface area (Å²) in [5.41, 5.74) is 3.52. The third kappa shape index (κ3) is 2.69. The van der Waals surface area contributed by atoms with Crippen molar-refractivity contribution in [2.75, 3.05) is 5.01 Å². The van der Waals surface area contributed by atoms with Gasteiger partial charge in [-0.3, -0.25) is 4.79 Å². The van der Waals surface area contributed by atoms with Crippen molar-refractivity contribution in [1.82, 2.24) is 0 Å². The summed E-state index contributed by atoms with van der Waals surface area (Å²) in [7, 11) is 0. The van der Waals surface area contributed by atoms with E-state index < -0.39 is 5.92 Å². The van der Waals surface area contributed by atoms with Crippen molar-refractivity contribution in [2.45, 2.75) is 5.92 Å². The molecule has 1 amide bonds. The van der Waals surface area contributed by atoms with Gasteiger partial charge in [0.1, 0.15) is 5.92 Å². The lowest BCUT2D eigenvalue weighted by atomic mass is 9.87. The molecule has 0 saturated heterocycles. The number of benzene rings is 4. The van der Waals surface area contributed by atoms with E-state index in [4.69, 9.17) is 5.10 Å². The zero-order valence-corrected chi connectivity index (χ0v) is 15.2. The fraction of sp³-hybridized carbons (Fsp3) is 0.0400. The predicted molar refractivity (Wildman–Crippen MR) is 114 cm³/mol. The van der Waals surface area contributed by atoms with Gasteiger partial charge in [-0.05, 0) is 34.0 Å². The fourth-order valence-corrected chi connectivity index (χ4v) is 3.82. The number of hydrazone groups is 1. The highest BCUT2D eigenvalue weighted by molar-refractivity contribution is 6.26. The smallest absolute Gasteiger partial charge is 0.261 e. The SMILES string of the molecule is O=C1C(c2cccc3ccccc23)C(c2ccccc2)=NN1c1ccccc1. The van der Waals surface area contributed by atoms with Crippen molar-refractivity contribution in [3.8, 4) is 0 Å². The number of para-hydroxylation sites is 1. The normalized spacial score (nSPS) is 16.4. The molecule has 0 N–H and O–H groups in total. The van der Waals surface area contributed by atoms with E-state index in [-0.39, 0.29) is 5.91 Å². The minimum Gasteiger partial charge on any atom is -0.271 e. The molecule has 0 bridgehead atoms. The third-order valence-corrected chi connectivity index (χ3v) is 5.14. The second-order valence-corrected chi connectivity index (χ2v) is 6.84. The molecular weight excluding hydrogens is 344 g/mol. The number of carbonyl (C=O) groups is 1. The highest BCUT2D eigenvalue weighted by Crippen LogP contribution is 2.36. The van der Waals surface area contributed by atoms with Crippen LogP contribution in [0.4, 0.5) is 5.69 Å². The Labute approximate surface area is 163 Å². The Morgan fingerprint density at radius 1 is 0.679 bits per heavy atom. The third-order valence-electron chi connectivity index (χ3n) is 5.14. The van der Waals surface area contributed by atoms with Crippen molar-refractivity contribution < 1.29 is 4.79 Å². The first-order valence-corrected chi connectivity index (χ1v) is 9.33. The summed E-state index contributed by atoms with van der Waals surface area (Å²) in [5, 5.41) is 8.52. The molecule has 5 rings (SSSR count). The molecule has 3 nitrogen and oxygen atoms in total. The van der Waals surface area contributed by atoms with Crippen molar-refractivity contribution >= 4 is 28.1 Å². The Balaban J connectivity index is 1.71. The van der Waals surface area contributed by atoms with Crippen molar-refractivity contribution in [2.24, 2.45) is 5.10 Å². The van der Waals surface area contributed by atoms with Crippen LogP contribution in [0.2, 0.25) is 0 Å². The van der Waals surface area contributed by atoms with Crippen LogP contribution in [0, 0.1) is 0 Å². The monoisotopic (exact) mass is 362 g/mol. The number of hydrogen-bond acceptors (Lipinski definition) is 2. The molecule has 0 aromatic heterocycles. The zero-order chi connectivity index (χ0) is 18.9. The molecule has 1 aliphatic heterocycles. The van der Waals surface area contributed by atoms with Crippen molar-refractivity contribution in [1.29, 1.82) is 0 Å². The molecule has 1 aliphatic rings. The number of rotatable bonds is 3. The first-order valence-electron chi connectivity index (χ1n) is 9.33. The predicted octanol–water partition coefficient (Wildman–Crippen LogP) is 5.37. The summed E-state index contributed by atoms with van der Waals surface area (Å²) >= 11 is 0. The first-order chi connectivity index (χ1) is 13.8. The van der Waals surface area contributed by atoms with E-state index in [0.29, 0.717) is 0 Å². The van der Waals surface area contributed by atoms with Gasteiger partial charge in [-0.2, -0.15) is 10.1 Å². The second kappa shape index (κ2) is 6.78. The minimum atomic E-state index is -0.436. The lowest BCUT2D eigenvalue weighted by Gasteiger charge is -2.16. The maximum atomic E-state index is 13.5. The average molecular weight is 362 g/mol. The Kier molecular flexibility index (Phi) is 3.99. The van der Waals surface area contributed by atoms with Gasteiger partial charge >= 0.3 is 0 Å². The minimum absolute atomic E-state index is 0.0265. The van der Waals surface area contributed by atoms with Crippen LogP contribution in [0.1, 0.15) is 17.0 Å². The van der Waals surface area contributed by atoms with Crippen LogP contribution in [0.5, 0.6) is 0 Å².